The van der Waals surface area contributed by atoms with Gasteiger partial charge in [-0.3, -0.25) is 4.79 Å². The number of carbonyl (C=O) groups is 1. The number of amides is 1. The van der Waals surface area contributed by atoms with Gasteiger partial charge in [-0.25, -0.2) is 0 Å². The van der Waals surface area contributed by atoms with Crippen LogP contribution in [0.4, 0.5) is 5.69 Å². The summed E-state index contributed by atoms with van der Waals surface area (Å²) in [4.78, 5) is 10.9. The molecule has 1 aromatic rings. The summed E-state index contributed by atoms with van der Waals surface area (Å²) in [5.74, 6) is -0.254. The monoisotopic (exact) mass is 325 g/mol. The molecule has 2 nitrogen and oxygen atoms in total. The van der Waals surface area contributed by atoms with Crippen LogP contribution in [-0.2, 0) is 4.79 Å². The molecular formula is C8H6Br2ClNO. The Kier molecular flexibility index (Phi) is 4.22. The molecule has 5 heteroatoms. The molecule has 0 aliphatic carbocycles. The molecule has 0 fully saturated rings. The first-order valence-corrected chi connectivity index (χ1v) is 5.56. The van der Waals surface area contributed by atoms with Gasteiger partial charge in [0.15, 0.2) is 0 Å². The minimum atomic E-state index is -0.216. The summed E-state index contributed by atoms with van der Waals surface area (Å²) in [5, 5.41) is 2.64. The SMILES string of the molecule is O=C(CCl)Nc1cc(Br)cc(Br)c1. The normalized spacial score (nSPS) is 9.77. The van der Waals surface area contributed by atoms with Crippen molar-refractivity contribution in [2.45, 2.75) is 0 Å². The second-order valence-electron chi connectivity index (χ2n) is 2.34. The van der Waals surface area contributed by atoms with Gasteiger partial charge in [-0.1, -0.05) is 31.9 Å². The van der Waals surface area contributed by atoms with Crippen molar-refractivity contribution in [3.63, 3.8) is 0 Å². The van der Waals surface area contributed by atoms with E-state index in [1.165, 1.54) is 0 Å². The standard InChI is InChI=1S/C8H6Br2ClNO/c9-5-1-6(10)3-7(2-5)12-8(13)4-11/h1-3H,4H2,(H,12,13). The molecule has 0 aliphatic rings. The zero-order chi connectivity index (χ0) is 9.84. The summed E-state index contributed by atoms with van der Waals surface area (Å²) < 4.78 is 1.79. The van der Waals surface area contributed by atoms with E-state index in [2.05, 4.69) is 37.2 Å². The van der Waals surface area contributed by atoms with Crippen molar-refractivity contribution in [3.8, 4) is 0 Å². The minimum absolute atomic E-state index is 0.0376. The highest BCUT2D eigenvalue weighted by molar-refractivity contribution is 9.11. The van der Waals surface area contributed by atoms with E-state index in [1.807, 2.05) is 6.07 Å². The maximum absolute atomic E-state index is 10.9. The molecule has 0 atom stereocenters. The highest BCUT2D eigenvalue weighted by Crippen LogP contribution is 2.23. The van der Waals surface area contributed by atoms with Crippen LogP contribution >= 0.6 is 43.5 Å². The molecule has 0 saturated carbocycles. The van der Waals surface area contributed by atoms with Crippen LogP contribution in [0.5, 0.6) is 0 Å². The molecule has 1 rings (SSSR count). The van der Waals surface area contributed by atoms with E-state index < -0.39 is 0 Å². The zero-order valence-electron chi connectivity index (χ0n) is 6.48. The summed E-state index contributed by atoms with van der Waals surface area (Å²) in [6.07, 6.45) is 0. The Morgan fingerprint density at radius 3 is 2.31 bits per heavy atom. The number of halogens is 3. The maximum Gasteiger partial charge on any atom is 0.239 e. The van der Waals surface area contributed by atoms with Crippen LogP contribution in [0, 0.1) is 0 Å². The first kappa shape index (κ1) is 11.0. The van der Waals surface area contributed by atoms with Crippen molar-refractivity contribution in [1.82, 2.24) is 0 Å². The summed E-state index contributed by atoms with van der Waals surface area (Å²) in [7, 11) is 0. The van der Waals surface area contributed by atoms with Crippen molar-refractivity contribution in [1.29, 1.82) is 0 Å². The van der Waals surface area contributed by atoms with Crippen molar-refractivity contribution in [3.05, 3.63) is 27.1 Å². The lowest BCUT2D eigenvalue weighted by Gasteiger charge is -2.03. The molecule has 0 radical (unpaired) electrons. The Balaban J connectivity index is 2.83. The van der Waals surface area contributed by atoms with Gasteiger partial charge in [-0.2, -0.15) is 0 Å². The second kappa shape index (κ2) is 4.98. The van der Waals surface area contributed by atoms with E-state index in [4.69, 9.17) is 11.6 Å². The van der Waals surface area contributed by atoms with E-state index in [-0.39, 0.29) is 11.8 Å². The molecule has 1 aromatic carbocycles. The van der Waals surface area contributed by atoms with Crippen LogP contribution in [0.3, 0.4) is 0 Å². The lowest BCUT2D eigenvalue weighted by Crippen LogP contribution is -2.12. The van der Waals surface area contributed by atoms with Gasteiger partial charge in [0.2, 0.25) is 5.91 Å². The highest BCUT2D eigenvalue weighted by atomic mass is 79.9. The molecule has 0 bridgehead atoms. The van der Waals surface area contributed by atoms with Crippen LogP contribution in [0.2, 0.25) is 0 Å². The zero-order valence-corrected chi connectivity index (χ0v) is 10.4. The average molecular weight is 327 g/mol. The molecule has 0 spiro atoms. The molecule has 0 unspecified atom stereocenters. The Hall–Kier alpha value is -0.0600. The number of anilines is 1. The summed E-state index contributed by atoms with van der Waals surface area (Å²) >= 11 is 12.0. The predicted octanol–water partition coefficient (Wildman–Crippen LogP) is 3.39. The Morgan fingerprint density at radius 1 is 1.31 bits per heavy atom. The third kappa shape index (κ3) is 3.67. The number of hydrogen-bond acceptors (Lipinski definition) is 1. The number of rotatable bonds is 2. The van der Waals surface area contributed by atoms with Gasteiger partial charge in [0.05, 0.1) is 0 Å². The van der Waals surface area contributed by atoms with Crippen LogP contribution < -0.4 is 5.32 Å². The molecule has 70 valence electrons. The molecule has 0 aliphatic heterocycles. The Bertz CT molecular complexity index is 310. The lowest BCUT2D eigenvalue weighted by molar-refractivity contribution is -0.113. The van der Waals surface area contributed by atoms with E-state index >= 15 is 0 Å². The summed E-state index contributed by atoms with van der Waals surface area (Å²) in [6.45, 7) is 0. The molecule has 13 heavy (non-hydrogen) atoms. The van der Waals surface area contributed by atoms with Crippen molar-refractivity contribution >= 4 is 55.1 Å². The van der Waals surface area contributed by atoms with Gasteiger partial charge in [0.25, 0.3) is 0 Å². The fourth-order valence-corrected chi connectivity index (χ4v) is 2.18. The fraction of sp³-hybridized carbons (Fsp3) is 0.125. The molecule has 0 saturated heterocycles. The molecule has 1 amide bonds. The fourth-order valence-electron chi connectivity index (χ4n) is 0.820. The van der Waals surface area contributed by atoms with Crippen molar-refractivity contribution in [2.75, 3.05) is 11.2 Å². The van der Waals surface area contributed by atoms with Gasteiger partial charge < -0.3 is 5.32 Å². The largest absolute Gasteiger partial charge is 0.325 e. The minimum Gasteiger partial charge on any atom is -0.325 e. The van der Waals surface area contributed by atoms with E-state index in [1.54, 1.807) is 12.1 Å². The van der Waals surface area contributed by atoms with Crippen LogP contribution in [0.15, 0.2) is 27.1 Å². The summed E-state index contributed by atoms with van der Waals surface area (Å²) in [5.41, 5.74) is 0.715. The number of hydrogen-bond donors (Lipinski definition) is 1. The lowest BCUT2D eigenvalue weighted by atomic mass is 10.3. The topological polar surface area (TPSA) is 29.1 Å². The van der Waals surface area contributed by atoms with Crippen LogP contribution in [-0.4, -0.2) is 11.8 Å². The third-order valence-electron chi connectivity index (χ3n) is 1.27. The van der Waals surface area contributed by atoms with Gasteiger partial charge in [0, 0.05) is 14.6 Å². The first-order chi connectivity index (χ1) is 6.11. The maximum atomic E-state index is 10.9. The number of alkyl halides is 1. The quantitative estimate of drug-likeness (QED) is 0.829. The summed E-state index contributed by atoms with van der Waals surface area (Å²) in [6, 6.07) is 5.49. The van der Waals surface area contributed by atoms with Crippen LogP contribution in [0.25, 0.3) is 0 Å². The van der Waals surface area contributed by atoms with Crippen molar-refractivity contribution < 1.29 is 4.79 Å². The van der Waals surface area contributed by atoms with E-state index in [0.717, 1.165) is 8.95 Å². The highest BCUT2D eigenvalue weighted by Gasteiger charge is 2.01. The van der Waals surface area contributed by atoms with Crippen molar-refractivity contribution in [2.24, 2.45) is 0 Å². The molecule has 1 N–H and O–H groups in total. The third-order valence-corrected chi connectivity index (χ3v) is 2.43. The first-order valence-electron chi connectivity index (χ1n) is 3.43. The van der Waals surface area contributed by atoms with Crippen LogP contribution in [0.1, 0.15) is 0 Å². The smallest absolute Gasteiger partial charge is 0.239 e. The second-order valence-corrected chi connectivity index (χ2v) is 4.44. The number of benzene rings is 1. The Morgan fingerprint density at radius 2 is 1.85 bits per heavy atom. The van der Waals surface area contributed by atoms with Gasteiger partial charge in [-0.15, -0.1) is 11.6 Å². The molecule has 0 heterocycles. The Labute approximate surface area is 97.9 Å². The average Bonchev–Trinajstić information content (AvgIpc) is 2.02. The number of carbonyl (C=O) groups excluding carboxylic acids is 1. The van der Waals surface area contributed by atoms with Gasteiger partial charge in [-0.05, 0) is 18.2 Å². The molecular weight excluding hydrogens is 321 g/mol. The van der Waals surface area contributed by atoms with Gasteiger partial charge >= 0.3 is 0 Å². The van der Waals surface area contributed by atoms with E-state index in [0.29, 0.717) is 5.69 Å². The predicted molar refractivity (Wildman–Crippen MR) is 61.2 cm³/mol. The van der Waals surface area contributed by atoms with Gasteiger partial charge in [0.1, 0.15) is 5.88 Å². The van der Waals surface area contributed by atoms with E-state index in [9.17, 15) is 4.79 Å². The molecule has 0 aromatic heterocycles. The number of nitrogens with one attached hydrogen (secondary N) is 1.